The van der Waals surface area contributed by atoms with Gasteiger partial charge in [0, 0.05) is 13.1 Å². The monoisotopic (exact) mass is 146 g/mol. The van der Waals surface area contributed by atoms with Crippen LogP contribution in [0.2, 0.25) is 0 Å². The molecular weight excluding hydrogens is 136 g/mol. The third kappa shape index (κ3) is 3.82. The molecular formula is C5H10N2O3. The Labute approximate surface area is 58.6 Å². The fourth-order valence-electron chi connectivity index (χ4n) is 0.782. The molecule has 0 spiro atoms. The molecule has 0 bridgehead atoms. The minimum atomic E-state index is -0.250. The van der Waals surface area contributed by atoms with Crippen LogP contribution in [0.1, 0.15) is 12.8 Å². The summed E-state index contributed by atoms with van der Waals surface area (Å²) in [6, 6.07) is 0. The first-order valence-corrected chi connectivity index (χ1v) is 3.01. The van der Waals surface area contributed by atoms with Gasteiger partial charge in [-0.2, -0.15) is 0 Å². The van der Waals surface area contributed by atoms with Gasteiger partial charge in [0.25, 0.3) is 6.47 Å². The third-order valence-electron chi connectivity index (χ3n) is 1.20. The molecule has 0 aromatic heterocycles. The van der Waals surface area contributed by atoms with Gasteiger partial charge in [-0.15, -0.1) is 4.91 Å². The number of carboxylic acid groups (broad SMARTS) is 1. The van der Waals surface area contributed by atoms with E-state index >= 15 is 0 Å². The number of carbonyl (C=O) groups is 1. The Kier molecular flexibility index (Phi) is 5.32. The lowest BCUT2D eigenvalue weighted by atomic mass is 10.4. The highest BCUT2D eigenvalue weighted by Crippen LogP contribution is 2.05. The average Bonchev–Trinajstić information content (AvgIpc) is 2.39. The molecule has 1 aliphatic rings. The Bertz CT molecular complexity index is 101. The van der Waals surface area contributed by atoms with Crippen molar-refractivity contribution >= 4 is 6.47 Å². The van der Waals surface area contributed by atoms with E-state index in [0.29, 0.717) is 0 Å². The molecule has 0 aromatic rings. The van der Waals surface area contributed by atoms with E-state index in [1.165, 1.54) is 0 Å². The van der Waals surface area contributed by atoms with Crippen LogP contribution < -0.4 is 0 Å². The number of nitrogens with zero attached hydrogens (tertiary/aromatic N) is 2. The molecule has 10 heavy (non-hydrogen) atoms. The van der Waals surface area contributed by atoms with Crippen LogP contribution in [-0.2, 0) is 4.79 Å². The predicted molar refractivity (Wildman–Crippen MR) is 35.3 cm³/mol. The van der Waals surface area contributed by atoms with Crippen LogP contribution in [-0.4, -0.2) is 29.7 Å². The van der Waals surface area contributed by atoms with E-state index in [2.05, 4.69) is 5.29 Å². The average molecular weight is 146 g/mol. The van der Waals surface area contributed by atoms with Crippen molar-refractivity contribution in [3.63, 3.8) is 0 Å². The molecule has 0 aromatic carbocycles. The zero-order valence-electron chi connectivity index (χ0n) is 5.56. The number of hydrogen-bond acceptors (Lipinski definition) is 3. The lowest BCUT2D eigenvalue weighted by Gasteiger charge is -2.00. The summed E-state index contributed by atoms with van der Waals surface area (Å²) in [5.41, 5.74) is 0. The van der Waals surface area contributed by atoms with Crippen LogP contribution in [0.15, 0.2) is 5.29 Å². The molecule has 0 atom stereocenters. The molecule has 0 unspecified atom stereocenters. The summed E-state index contributed by atoms with van der Waals surface area (Å²) in [5.74, 6) is 0. The Balaban J connectivity index is 0.000000236. The molecule has 0 saturated carbocycles. The van der Waals surface area contributed by atoms with Gasteiger partial charge in [-0.3, -0.25) is 9.80 Å². The van der Waals surface area contributed by atoms with E-state index in [0.717, 1.165) is 25.9 Å². The summed E-state index contributed by atoms with van der Waals surface area (Å²) in [6.07, 6.45) is 2.26. The summed E-state index contributed by atoms with van der Waals surface area (Å²) >= 11 is 0. The third-order valence-corrected chi connectivity index (χ3v) is 1.20. The van der Waals surface area contributed by atoms with Crippen molar-refractivity contribution in [3.05, 3.63) is 4.91 Å². The van der Waals surface area contributed by atoms with Gasteiger partial charge in [-0.25, -0.2) is 0 Å². The largest absolute Gasteiger partial charge is 0.483 e. The number of nitroso groups, excluding NO2 is 1. The summed E-state index contributed by atoms with van der Waals surface area (Å²) in [5, 5.41) is 11.2. The second-order valence-corrected chi connectivity index (χ2v) is 1.85. The maximum atomic E-state index is 9.68. The second-order valence-electron chi connectivity index (χ2n) is 1.85. The highest BCUT2D eigenvalue weighted by Gasteiger charge is 2.08. The lowest BCUT2D eigenvalue weighted by molar-refractivity contribution is -0.122. The summed E-state index contributed by atoms with van der Waals surface area (Å²) in [4.78, 5) is 18.0. The van der Waals surface area contributed by atoms with E-state index in [1.54, 1.807) is 5.01 Å². The first-order valence-electron chi connectivity index (χ1n) is 3.01. The summed E-state index contributed by atoms with van der Waals surface area (Å²) in [6.45, 7) is 1.48. The van der Waals surface area contributed by atoms with Gasteiger partial charge in [0.05, 0.1) is 5.29 Å². The quantitative estimate of drug-likeness (QED) is 0.431. The molecule has 5 nitrogen and oxygen atoms in total. The van der Waals surface area contributed by atoms with E-state index in [1.807, 2.05) is 0 Å². The summed E-state index contributed by atoms with van der Waals surface area (Å²) in [7, 11) is 0. The second kappa shape index (κ2) is 6.00. The zero-order valence-corrected chi connectivity index (χ0v) is 5.56. The van der Waals surface area contributed by atoms with Crippen molar-refractivity contribution < 1.29 is 9.90 Å². The highest BCUT2D eigenvalue weighted by molar-refractivity contribution is 5.32. The van der Waals surface area contributed by atoms with Crippen LogP contribution in [0.25, 0.3) is 0 Å². The molecule has 1 fully saturated rings. The first-order chi connectivity index (χ1) is 4.85. The Morgan fingerprint density at radius 1 is 1.40 bits per heavy atom. The molecule has 0 radical (unpaired) electrons. The van der Waals surface area contributed by atoms with E-state index in [-0.39, 0.29) is 6.47 Å². The summed E-state index contributed by atoms with van der Waals surface area (Å²) < 4.78 is 0. The first kappa shape index (κ1) is 8.87. The maximum Gasteiger partial charge on any atom is 0.290 e. The van der Waals surface area contributed by atoms with Crippen molar-refractivity contribution in [1.82, 2.24) is 5.01 Å². The van der Waals surface area contributed by atoms with E-state index in [4.69, 9.17) is 9.90 Å². The number of rotatable bonds is 1. The van der Waals surface area contributed by atoms with Gasteiger partial charge in [-0.1, -0.05) is 0 Å². The van der Waals surface area contributed by atoms with Gasteiger partial charge in [0.15, 0.2) is 0 Å². The van der Waals surface area contributed by atoms with Gasteiger partial charge >= 0.3 is 0 Å². The molecule has 1 aliphatic heterocycles. The lowest BCUT2D eigenvalue weighted by Crippen LogP contribution is -2.08. The SMILES string of the molecule is O=CO.O=NN1CCCC1. The van der Waals surface area contributed by atoms with Crippen LogP contribution in [0.4, 0.5) is 0 Å². The van der Waals surface area contributed by atoms with Crippen molar-refractivity contribution in [2.24, 2.45) is 5.29 Å². The fourth-order valence-corrected chi connectivity index (χ4v) is 0.782. The standard InChI is InChI=1S/C4H8N2O.CH2O2/c7-5-6-3-1-2-4-6;2-1-3/h1-4H2;1H,(H,2,3). The van der Waals surface area contributed by atoms with Gasteiger partial charge in [-0.05, 0) is 12.8 Å². The maximum absolute atomic E-state index is 9.68. The van der Waals surface area contributed by atoms with Crippen molar-refractivity contribution in [2.75, 3.05) is 13.1 Å². The van der Waals surface area contributed by atoms with Crippen LogP contribution >= 0.6 is 0 Å². The van der Waals surface area contributed by atoms with Gasteiger partial charge in [0.1, 0.15) is 0 Å². The van der Waals surface area contributed by atoms with Crippen molar-refractivity contribution in [1.29, 1.82) is 0 Å². The van der Waals surface area contributed by atoms with Crippen LogP contribution in [0.3, 0.4) is 0 Å². The molecule has 0 aliphatic carbocycles. The zero-order chi connectivity index (χ0) is 7.82. The van der Waals surface area contributed by atoms with Gasteiger partial charge < -0.3 is 5.11 Å². The van der Waals surface area contributed by atoms with Crippen molar-refractivity contribution in [2.45, 2.75) is 12.8 Å². The highest BCUT2D eigenvalue weighted by atomic mass is 16.3. The topological polar surface area (TPSA) is 70.0 Å². The number of hydrogen-bond donors (Lipinski definition) is 1. The van der Waals surface area contributed by atoms with E-state index in [9.17, 15) is 4.91 Å². The molecule has 1 N–H and O–H groups in total. The molecule has 1 heterocycles. The fraction of sp³-hybridized carbons (Fsp3) is 0.800. The Morgan fingerprint density at radius 3 is 2.00 bits per heavy atom. The smallest absolute Gasteiger partial charge is 0.290 e. The van der Waals surface area contributed by atoms with E-state index < -0.39 is 0 Å². The Hall–Kier alpha value is -1.13. The van der Waals surface area contributed by atoms with Crippen LogP contribution in [0.5, 0.6) is 0 Å². The molecule has 0 amide bonds. The molecule has 58 valence electrons. The Morgan fingerprint density at radius 2 is 1.80 bits per heavy atom. The van der Waals surface area contributed by atoms with Crippen LogP contribution in [0, 0.1) is 4.91 Å². The molecule has 1 saturated heterocycles. The minimum Gasteiger partial charge on any atom is -0.483 e. The minimum absolute atomic E-state index is 0.250. The van der Waals surface area contributed by atoms with Gasteiger partial charge in [0.2, 0.25) is 0 Å². The predicted octanol–water partition coefficient (Wildman–Crippen LogP) is 0.464. The molecule has 1 rings (SSSR count). The molecule has 5 heteroatoms. The van der Waals surface area contributed by atoms with Crippen molar-refractivity contribution in [3.8, 4) is 0 Å². The normalized spacial score (nSPS) is 15.4.